The second-order valence-electron chi connectivity index (χ2n) is 7.87. The maximum atomic E-state index is 13.3. The average Bonchev–Trinajstić information content (AvgIpc) is 3.09. The van der Waals surface area contributed by atoms with Crippen LogP contribution in [0.15, 0.2) is 84.9 Å². The van der Waals surface area contributed by atoms with E-state index < -0.39 is 23.9 Å². The largest absolute Gasteiger partial charge is 0.494 e. The van der Waals surface area contributed by atoms with Crippen molar-refractivity contribution in [3.05, 3.63) is 102 Å². The van der Waals surface area contributed by atoms with E-state index in [0.29, 0.717) is 29.2 Å². The molecule has 5 rings (SSSR count). The normalized spacial score (nSPS) is 19.7. The molecule has 164 valence electrons. The minimum atomic E-state index is -0.899. The number of nitrogens with zero attached hydrogens (tertiary/aromatic N) is 2. The molecule has 6 nitrogen and oxygen atoms in total. The Morgan fingerprint density at radius 3 is 2.00 bits per heavy atom. The molecule has 3 aromatic rings. The molecule has 2 aliphatic heterocycles. The van der Waals surface area contributed by atoms with Crippen molar-refractivity contribution in [3.8, 4) is 5.75 Å². The number of fused-ring (bicyclic) bond motifs is 1. The van der Waals surface area contributed by atoms with Crippen LogP contribution in [0.1, 0.15) is 33.2 Å². The van der Waals surface area contributed by atoms with Crippen molar-refractivity contribution in [1.82, 2.24) is 4.90 Å². The minimum absolute atomic E-state index is 0.295. The fourth-order valence-electron chi connectivity index (χ4n) is 4.35. The van der Waals surface area contributed by atoms with E-state index >= 15 is 0 Å². The van der Waals surface area contributed by atoms with Crippen molar-refractivity contribution < 1.29 is 19.1 Å². The molecular formula is C27H22N2O4. The van der Waals surface area contributed by atoms with Gasteiger partial charge in [-0.2, -0.15) is 0 Å². The number of carbonyl (C=O) groups excluding carboxylic acids is 3. The molecule has 2 atom stereocenters. The second-order valence-corrected chi connectivity index (χ2v) is 7.87. The minimum Gasteiger partial charge on any atom is -0.494 e. The topological polar surface area (TPSA) is 66.9 Å². The van der Waals surface area contributed by atoms with Gasteiger partial charge in [0.25, 0.3) is 17.7 Å². The molecule has 33 heavy (non-hydrogen) atoms. The van der Waals surface area contributed by atoms with Crippen molar-refractivity contribution in [1.29, 1.82) is 0 Å². The van der Waals surface area contributed by atoms with Gasteiger partial charge in [0.05, 0.1) is 23.8 Å². The number of hydrogen-bond acceptors (Lipinski definition) is 4. The van der Waals surface area contributed by atoms with Gasteiger partial charge in [0, 0.05) is 5.69 Å². The molecule has 1 fully saturated rings. The predicted octanol–water partition coefficient (Wildman–Crippen LogP) is 4.18. The van der Waals surface area contributed by atoms with Gasteiger partial charge in [-0.05, 0) is 48.9 Å². The van der Waals surface area contributed by atoms with Crippen LogP contribution < -0.4 is 9.64 Å². The van der Waals surface area contributed by atoms with E-state index in [1.54, 1.807) is 41.3 Å². The highest BCUT2D eigenvalue weighted by molar-refractivity contribution is 6.24. The van der Waals surface area contributed by atoms with Crippen LogP contribution in [0.4, 0.5) is 5.69 Å². The number of β-lactam (4-membered cyclic amide) rings is 1. The van der Waals surface area contributed by atoms with Crippen LogP contribution in [-0.4, -0.2) is 41.3 Å². The molecule has 0 N–H and O–H groups in total. The zero-order valence-electron chi connectivity index (χ0n) is 18.0. The lowest BCUT2D eigenvalue weighted by molar-refractivity contribution is -0.128. The maximum Gasteiger partial charge on any atom is 0.262 e. The molecule has 0 spiro atoms. The van der Waals surface area contributed by atoms with Gasteiger partial charge in [0.15, 0.2) is 0 Å². The zero-order valence-corrected chi connectivity index (χ0v) is 18.0. The van der Waals surface area contributed by atoms with Gasteiger partial charge in [-0.15, -0.1) is 0 Å². The summed E-state index contributed by atoms with van der Waals surface area (Å²) in [6, 6.07) is 22.2. The van der Waals surface area contributed by atoms with E-state index in [-0.39, 0.29) is 5.91 Å². The molecule has 0 radical (unpaired) electrons. The molecule has 6 heteroatoms. The number of imide groups is 1. The number of benzene rings is 3. The Balaban J connectivity index is 1.50. The maximum absolute atomic E-state index is 13.3. The van der Waals surface area contributed by atoms with Gasteiger partial charge >= 0.3 is 0 Å². The van der Waals surface area contributed by atoms with Crippen LogP contribution in [0.5, 0.6) is 5.75 Å². The Morgan fingerprint density at radius 1 is 0.788 bits per heavy atom. The quantitative estimate of drug-likeness (QED) is 0.428. The van der Waals surface area contributed by atoms with Gasteiger partial charge in [0.1, 0.15) is 11.8 Å². The third-order valence-corrected chi connectivity index (χ3v) is 5.93. The van der Waals surface area contributed by atoms with E-state index in [4.69, 9.17) is 4.74 Å². The summed E-state index contributed by atoms with van der Waals surface area (Å²) in [6.07, 6.45) is 3.78. The van der Waals surface area contributed by atoms with Gasteiger partial charge in [-0.1, -0.05) is 54.6 Å². The molecule has 0 saturated carbocycles. The molecule has 2 aliphatic rings. The first-order valence-electron chi connectivity index (χ1n) is 10.9. The van der Waals surface area contributed by atoms with E-state index in [2.05, 4.69) is 0 Å². The lowest BCUT2D eigenvalue weighted by Gasteiger charge is -2.48. The molecular weight excluding hydrogens is 416 g/mol. The van der Waals surface area contributed by atoms with Crippen molar-refractivity contribution in [2.45, 2.75) is 19.0 Å². The zero-order chi connectivity index (χ0) is 22.9. The first-order chi connectivity index (χ1) is 16.1. The fourth-order valence-corrected chi connectivity index (χ4v) is 4.35. The van der Waals surface area contributed by atoms with Crippen molar-refractivity contribution in [2.24, 2.45) is 0 Å². The highest BCUT2D eigenvalue weighted by Crippen LogP contribution is 2.37. The van der Waals surface area contributed by atoms with Gasteiger partial charge in [-0.3, -0.25) is 19.3 Å². The molecule has 1 saturated heterocycles. The fraction of sp³-hybridized carbons (Fsp3) is 0.148. The highest BCUT2D eigenvalue weighted by Gasteiger charge is 2.55. The summed E-state index contributed by atoms with van der Waals surface area (Å²) in [6.45, 7) is 2.45. The lowest BCUT2D eigenvalue weighted by Crippen LogP contribution is -2.71. The monoisotopic (exact) mass is 438 g/mol. The summed E-state index contributed by atoms with van der Waals surface area (Å²) >= 11 is 0. The van der Waals surface area contributed by atoms with Crippen molar-refractivity contribution >= 4 is 29.5 Å². The van der Waals surface area contributed by atoms with E-state index in [1.165, 1.54) is 0 Å². The number of hydrogen-bond donors (Lipinski definition) is 0. The summed E-state index contributed by atoms with van der Waals surface area (Å²) in [4.78, 5) is 42.2. The number of rotatable bonds is 6. The Kier molecular flexibility index (Phi) is 5.26. The Morgan fingerprint density at radius 2 is 1.39 bits per heavy atom. The van der Waals surface area contributed by atoms with Crippen LogP contribution in [0, 0.1) is 0 Å². The summed E-state index contributed by atoms with van der Waals surface area (Å²) in [5, 5.41) is 0. The van der Waals surface area contributed by atoms with Crippen LogP contribution >= 0.6 is 0 Å². The van der Waals surface area contributed by atoms with Crippen LogP contribution in [0.3, 0.4) is 0 Å². The molecule has 0 aliphatic carbocycles. The Labute approximate surface area is 191 Å². The van der Waals surface area contributed by atoms with E-state index in [1.807, 2.05) is 61.5 Å². The summed E-state index contributed by atoms with van der Waals surface area (Å²) < 4.78 is 5.50. The SMILES string of the molecule is CCOc1ccc(N2C(=O)C(N3C(=O)c4ccccc4C3=O)C2/C=C/c2ccccc2)cc1. The molecule has 3 amide bonds. The third kappa shape index (κ3) is 3.49. The Hall–Kier alpha value is -4.19. The third-order valence-electron chi connectivity index (χ3n) is 5.93. The van der Waals surface area contributed by atoms with Gasteiger partial charge in [-0.25, -0.2) is 0 Å². The van der Waals surface area contributed by atoms with E-state index in [0.717, 1.165) is 10.5 Å². The Bertz CT molecular complexity index is 1220. The first-order valence-corrected chi connectivity index (χ1v) is 10.9. The first kappa shape index (κ1) is 20.7. The van der Waals surface area contributed by atoms with Crippen LogP contribution in [0.25, 0.3) is 6.08 Å². The second kappa shape index (κ2) is 8.39. The average molecular weight is 438 g/mol. The number of carbonyl (C=O) groups is 3. The lowest BCUT2D eigenvalue weighted by atomic mass is 9.91. The molecule has 2 heterocycles. The number of anilines is 1. The van der Waals surface area contributed by atoms with E-state index in [9.17, 15) is 14.4 Å². The van der Waals surface area contributed by atoms with Crippen molar-refractivity contribution in [3.63, 3.8) is 0 Å². The summed E-state index contributed by atoms with van der Waals surface area (Å²) in [5.41, 5.74) is 2.31. The number of ether oxygens (including phenoxy) is 1. The number of amides is 3. The highest BCUT2D eigenvalue weighted by atomic mass is 16.5. The smallest absolute Gasteiger partial charge is 0.262 e. The van der Waals surface area contributed by atoms with Crippen LogP contribution in [-0.2, 0) is 4.79 Å². The summed E-state index contributed by atoms with van der Waals surface area (Å²) in [5.74, 6) is -0.448. The molecule has 3 aromatic carbocycles. The van der Waals surface area contributed by atoms with Gasteiger partial charge < -0.3 is 9.64 Å². The van der Waals surface area contributed by atoms with Crippen LogP contribution in [0.2, 0.25) is 0 Å². The molecule has 0 bridgehead atoms. The molecule has 2 unspecified atom stereocenters. The molecule has 0 aromatic heterocycles. The van der Waals surface area contributed by atoms with Gasteiger partial charge in [0.2, 0.25) is 0 Å². The summed E-state index contributed by atoms with van der Waals surface area (Å²) in [7, 11) is 0. The predicted molar refractivity (Wildman–Crippen MR) is 125 cm³/mol. The van der Waals surface area contributed by atoms with Crippen molar-refractivity contribution in [2.75, 3.05) is 11.5 Å². The standard InChI is InChI=1S/C27H22N2O4/c1-2-33-20-15-13-19(14-16-20)28-23(17-12-18-8-4-3-5-9-18)24(27(28)32)29-25(30)21-10-6-7-11-22(21)26(29)31/h3-17,23-24H,2H2,1H3/b17-12+.